The average molecular weight is 298 g/mol. The number of amides is 1. The molecule has 0 saturated heterocycles. The molecule has 2 aromatic heterocycles. The number of para-hydroxylation sites is 1. The number of nitrogens with one attached hydrogen (secondary N) is 1. The third-order valence-electron chi connectivity index (χ3n) is 4.41. The number of hydrogen-bond acceptors (Lipinski definition) is 2. The van der Waals surface area contributed by atoms with Crippen LogP contribution in [0.1, 0.15) is 31.6 Å². The fourth-order valence-electron chi connectivity index (χ4n) is 3.25. The van der Waals surface area contributed by atoms with Gasteiger partial charge < -0.3 is 14.5 Å². The van der Waals surface area contributed by atoms with Crippen molar-refractivity contribution in [2.45, 2.75) is 19.8 Å². The molecule has 1 N–H and O–H groups in total. The summed E-state index contributed by atoms with van der Waals surface area (Å²) in [5.41, 5.74) is 3.28. The maximum Gasteiger partial charge on any atom is 0.256 e. The normalized spacial score (nSPS) is 17.2. The second-order valence-electron chi connectivity index (χ2n) is 5.60. The van der Waals surface area contributed by atoms with Crippen molar-refractivity contribution in [2.24, 2.45) is 7.05 Å². The monoisotopic (exact) mass is 298 g/mol. The molecule has 0 unspecified atom stereocenters. The van der Waals surface area contributed by atoms with E-state index in [1.54, 1.807) is 4.90 Å². The molecule has 1 aliphatic rings. The van der Waals surface area contributed by atoms with Gasteiger partial charge >= 0.3 is 0 Å². The quantitative estimate of drug-likeness (QED) is 0.739. The molecule has 5 nitrogen and oxygen atoms in total. The van der Waals surface area contributed by atoms with E-state index in [9.17, 15) is 4.79 Å². The Hall–Kier alpha value is -2.56. The van der Waals surface area contributed by atoms with E-state index in [0.29, 0.717) is 12.2 Å². The van der Waals surface area contributed by atoms with Crippen LogP contribution < -0.4 is 0 Å². The van der Waals surface area contributed by atoms with Gasteiger partial charge in [-0.25, -0.2) is 4.98 Å². The number of hydrogen-bond donors (Lipinski definition) is 1. The first kappa shape index (κ1) is 10.2. The molecule has 5 heteroatoms. The number of carbonyl (C=O) groups excluding carboxylic acids is 1. The summed E-state index contributed by atoms with van der Waals surface area (Å²) in [7, 11) is 1.98. The van der Waals surface area contributed by atoms with Crippen molar-refractivity contribution in [2.75, 3.05) is 6.54 Å². The van der Waals surface area contributed by atoms with Crippen LogP contribution in [-0.2, 0) is 20.0 Å². The topological polar surface area (TPSA) is 53.9 Å². The van der Waals surface area contributed by atoms with Crippen LogP contribution >= 0.6 is 0 Å². The van der Waals surface area contributed by atoms with Crippen LogP contribution in [0.2, 0.25) is 0 Å². The van der Waals surface area contributed by atoms with Crippen LogP contribution in [-0.4, -0.2) is 31.9 Å². The maximum absolute atomic E-state index is 13.1. The van der Waals surface area contributed by atoms with Gasteiger partial charge in [-0.2, -0.15) is 0 Å². The zero-order chi connectivity index (χ0) is 17.8. The molecule has 0 fully saturated rings. The number of fused-ring (bicyclic) bond motifs is 3. The fraction of sp³-hybridized carbons (Fsp3) is 0.294. The molecule has 0 saturated carbocycles. The summed E-state index contributed by atoms with van der Waals surface area (Å²) in [6, 6.07) is 7.85. The van der Waals surface area contributed by atoms with E-state index in [4.69, 9.17) is 4.11 Å². The van der Waals surface area contributed by atoms with Gasteiger partial charge in [0.15, 0.2) is 0 Å². The second-order valence-corrected chi connectivity index (χ2v) is 5.60. The number of aromatic nitrogens is 3. The molecule has 3 heterocycles. The zero-order valence-electron chi connectivity index (χ0n) is 15.3. The summed E-state index contributed by atoms with van der Waals surface area (Å²) in [6.07, 6.45) is 2.11. The van der Waals surface area contributed by atoms with Gasteiger partial charge in [0.25, 0.3) is 5.91 Å². The minimum atomic E-state index is -2.27. The Morgan fingerprint density at radius 3 is 3.14 bits per heavy atom. The number of aromatic amines is 1. The molecule has 3 aromatic rings. The minimum absolute atomic E-state index is 0.0717. The molecule has 1 aliphatic heterocycles. The lowest BCUT2D eigenvalue weighted by Crippen LogP contribution is -2.37. The van der Waals surface area contributed by atoms with Gasteiger partial charge in [0.05, 0.1) is 24.1 Å². The lowest BCUT2D eigenvalue weighted by Gasteiger charge is -2.27. The third kappa shape index (κ3) is 1.78. The van der Waals surface area contributed by atoms with Gasteiger partial charge in [-0.05, 0) is 12.9 Å². The Bertz CT molecular complexity index is 970. The smallest absolute Gasteiger partial charge is 0.256 e. The summed E-state index contributed by atoms with van der Waals surface area (Å²) in [5, 5.41) is 0.938. The molecule has 22 heavy (non-hydrogen) atoms. The van der Waals surface area contributed by atoms with Crippen molar-refractivity contribution < 1.29 is 8.91 Å². The Labute approximate surface area is 132 Å². The average Bonchev–Trinajstić information content (AvgIpc) is 3.14. The van der Waals surface area contributed by atoms with Crippen molar-refractivity contribution in [3.05, 3.63) is 53.2 Å². The molecule has 0 atom stereocenters. The highest BCUT2D eigenvalue weighted by molar-refractivity contribution is 6.09. The number of imidazole rings is 1. The van der Waals surface area contributed by atoms with Crippen LogP contribution in [0.4, 0.5) is 0 Å². The molecule has 4 rings (SSSR count). The largest absolute Gasteiger partial charge is 0.348 e. The summed E-state index contributed by atoms with van der Waals surface area (Å²) in [4.78, 5) is 21.6. The van der Waals surface area contributed by atoms with Crippen molar-refractivity contribution in [3.63, 3.8) is 0 Å². The summed E-state index contributed by atoms with van der Waals surface area (Å²) in [6.45, 7) is -1.53. The second kappa shape index (κ2) is 4.73. The predicted molar refractivity (Wildman–Crippen MR) is 84.7 cm³/mol. The molecule has 112 valence electrons. The molecule has 1 aromatic carbocycles. The molecule has 0 radical (unpaired) electrons. The zero-order valence-corrected chi connectivity index (χ0v) is 12.3. The van der Waals surface area contributed by atoms with E-state index in [0.717, 1.165) is 28.6 Å². The van der Waals surface area contributed by atoms with E-state index in [1.165, 1.54) is 6.33 Å². The van der Waals surface area contributed by atoms with Gasteiger partial charge in [-0.1, -0.05) is 18.2 Å². The lowest BCUT2D eigenvalue weighted by atomic mass is 10.0. The van der Waals surface area contributed by atoms with Crippen molar-refractivity contribution in [3.8, 4) is 0 Å². The first-order valence-electron chi connectivity index (χ1n) is 8.76. The minimum Gasteiger partial charge on any atom is -0.348 e. The number of aryl methyl sites for hydroxylation is 2. The molecule has 0 spiro atoms. The summed E-state index contributed by atoms with van der Waals surface area (Å²) in [5.74, 6) is -0.0717. The number of H-pyrrole nitrogens is 1. The van der Waals surface area contributed by atoms with Crippen molar-refractivity contribution in [1.29, 1.82) is 0 Å². The molecular formula is C17H18N4O. The summed E-state index contributed by atoms with van der Waals surface area (Å²) >= 11 is 0. The number of carbonyl (C=O) groups is 1. The van der Waals surface area contributed by atoms with Crippen molar-refractivity contribution >= 4 is 16.8 Å². The fourth-order valence-corrected chi connectivity index (χ4v) is 3.25. The first-order valence-corrected chi connectivity index (χ1v) is 7.26. The standard InChI is InChI=1S/C17H18N4O/c1-11-13(19-10-18-11)9-21-8-7-15-16(17(21)22)12-5-3-4-6-14(12)20(15)2/h3-6,10H,7-9H2,1-2H3,(H,18,19)/i1+1D3. The molecule has 0 bridgehead atoms. The summed E-state index contributed by atoms with van der Waals surface area (Å²) < 4.78 is 24.8. The third-order valence-corrected chi connectivity index (χ3v) is 4.41. The van der Waals surface area contributed by atoms with E-state index >= 15 is 0 Å². The molecule has 0 aliphatic carbocycles. The number of rotatable bonds is 2. The van der Waals surface area contributed by atoms with E-state index in [-0.39, 0.29) is 18.1 Å². The Morgan fingerprint density at radius 1 is 1.41 bits per heavy atom. The lowest BCUT2D eigenvalue weighted by molar-refractivity contribution is 0.0725. The Kier molecular flexibility index (Phi) is 2.20. The van der Waals surface area contributed by atoms with Crippen LogP contribution in [0.5, 0.6) is 0 Å². The van der Waals surface area contributed by atoms with Crippen molar-refractivity contribution in [1.82, 2.24) is 19.4 Å². The van der Waals surface area contributed by atoms with Crippen LogP contribution in [0.25, 0.3) is 10.9 Å². The Balaban J connectivity index is 1.71. The Morgan fingerprint density at radius 2 is 2.27 bits per heavy atom. The molecule has 1 amide bonds. The predicted octanol–water partition coefficient (Wildman–Crippen LogP) is 2.41. The number of nitrogens with zero attached hydrogens (tertiary/aromatic N) is 3. The molecular weight excluding hydrogens is 277 g/mol. The van der Waals surface area contributed by atoms with Crippen LogP contribution in [0.3, 0.4) is 0 Å². The number of benzene rings is 1. The van der Waals surface area contributed by atoms with Gasteiger partial charge in [0.1, 0.15) is 0 Å². The van der Waals surface area contributed by atoms with Gasteiger partial charge in [-0.15, -0.1) is 0 Å². The van der Waals surface area contributed by atoms with E-state index < -0.39 is 6.85 Å². The maximum atomic E-state index is 13.1. The SMILES string of the molecule is [2H][13C]([2H])([2H])c1[nH]cnc1CN1CCc2c(c3ccccc3n2C)C1=O. The van der Waals surface area contributed by atoms with Crippen LogP contribution in [0.15, 0.2) is 30.6 Å². The van der Waals surface area contributed by atoms with E-state index in [2.05, 4.69) is 14.5 Å². The highest BCUT2D eigenvalue weighted by Crippen LogP contribution is 2.30. The van der Waals surface area contributed by atoms with Gasteiger partial charge in [-0.3, -0.25) is 4.79 Å². The van der Waals surface area contributed by atoms with E-state index in [1.807, 2.05) is 31.3 Å². The van der Waals surface area contributed by atoms with Gasteiger partial charge in [0, 0.05) is 46.4 Å². The highest BCUT2D eigenvalue weighted by Gasteiger charge is 2.30. The van der Waals surface area contributed by atoms with Gasteiger partial charge in [0.2, 0.25) is 0 Å². The van der Waals surface area contributed by atoms with Crippen LogP contribution in [0, 0.1) is 6.85 Å². The first-order chi connectivity index (χ1) is 11.9. The highest BCUT2D eigenvalue weighted by atomic mass is 16.2.